The van der Waals surface area contributed by atoms with Crippen LogP contribution in [0.3, 0.4) is 0 Å². The molecule has 8 heteroatoms. The van der Waals surface area contributed by atoms with Gasteiger partial charge in [-0.1, -0.05) is 0 Å². The monoisotopic (exact) mass is 253 g/mol. The van der Waals surface area contributed by atoms with Crippen LogP contribution in [0.15, 0.2) is 0 Å². The quantitative estimate of drug-likeness (QED) is 0.646. The average Bonchev–Trinajstić information content (AvgIpc) is 2.66. The highest BCUT2D eigenvalue weighted by Crippen LogP contribution is 2.37. The summed E-state index contributed by atoms with van der Waals surface area (Å²) in [5.74, 6) is 0.211. The molecular weight excluding hydrogens is 239 g/mol. The van der Waals surface area contributed by atoms with Crippen LogP contribution >= 0.6 is 0 Å². The normalized spacial score (nSPS) is 36.0. The molecule has 2 fully saturated rings. The number of hydrogen-bond donors (Lipinski definition) is 3. The molecule has 1 saturated heterocycles. The van der Waals surface area contributed by atoms with Crippen molar-refractivity contribution in [1.82, 2.24) is 10.6 Å². The number of hydrogen-bond acceptors (Lipinski definition) is 3. The molecule has 2 rings (SSSR count). The summed E-state index contributed by atoms with van der Waals surface area (Å²) in [5.41, 5.74) is 5.79. The van der Waals surface area contributed by atoms with E-state index >= 15 is 0 Å². The van der Waals surface area contributed by atoms with Crippen LogP contribution in [0.4, 0.5) is 18.0 Å². The highest BCUT2D eigenvalue weighted by Gasteiger charge is 2.52. The molecule has 0 aromatic rings. The number of rotatable bonds is 2. The van der Waals surface area contributed by atoms with E-state index in [1.807, 2.05) is 0 Å². The molecule has 1 aliphatic heterocycles. The number of nitrogens with one attached hydrogen (secondary N) is 2. The first-order chi connectivity index (χ1) is 7.88. The van der Waals surface area contributed by atoms with Crippen molar-refractivity contribution in [1.29, 1.82) is 0 Å². The zero-order valence-electron chi connectivity index (χ0n) is 8.96. The Morgan fingerprint density at radius 1 is 1.47 bits per heavy atom. The molecule has 98 valence electrons. The van der Waals surface area contributed by atoms with Crippen molar-refractivity contribution in [3.05, 3.63) is 0 Å². The average molecular weight is 253 g/mol. The largest absolute Gasteiger partial charge is 0.405 e. The van der Waals surface area contributed by atoms with Crippen LogP contribution in [-0.2, 0) is 4.74 Å². The van der Waals surface area contributed by atoms with Crippen LogP contribution in [0, 0.1) is 5.92 Å². The lowest BCUT2D eigenvalue weighted by atomic mass is 9.72. The summed E-state index contributed by atoms with van der Waals surface area (Å²) < 4.78 is 40.9. The standard InChI is InChI=1S/C9H14F3N3O2/c10-9(11,12)3-14-8(16)15-6-5(13)4-1-2-17-7(4)6/h4-7H,1-3,13H2,(H2,14,15,16). The summed E-state index contributed by atoms with van der Waals surface area (Å²) in [6, 6.07) is -1.49. The second-order valence-electron chi connectivity index (χ2n) is 4.33. The minimum atomic E-state index is -4.41. The zero-order valence-corrected chi connectivity index (χ0v) is 8.96. The zero-order chi connectivity index (χ0) is 12.6. The SMILES string of the molecule is NC1C2CCOC2C1NC(=O)NCC(F)(F)F. The number of alkyl halides is 3. The lowest BCUT2D eigenvalue weighted by Crippen LogP contribution is -2.69. The summed E-state index contributed by atoms with van der Waals surface area (Å²) in [7, 11) is 0. The van der Waals surface area contributed by atoms with E-state index in [4.69, 9.17) is 10.5 Å². The first kappa shape index (κ1) is 12.4. The fourth-order valence-electron chi connectivity index (χ4n) is 2.31. The van der Waals surface area contributed by atoms with Crippen LogP contribution in [0.2, 0.25) is 0 Å². The third kappa shape index (κ3) is 2.63. The Bertz CT molecular complexity index is 310. The number of nitrogens with two attached hydrogens (primary N) is 1. The van der Waals surface area contributed by atoms with Gasteiger partial charge in [-0.25, -0.2) is 4.79 Å². The maximum atomic E-state index is 11.8. The maximum Gasteiger partial charge on any atom is 0.405 e. The molecule has 0 spiro atoms. The van der Waals surface area contributed by atoms with E-state index in [-0.39, 0.29) is 18.1 Å². The van der Waals surface area contributed by atoms with Gasteiger partial charge >= 0.3 is 12.2 Å². The number of carbonyl (C=O) groups is 1. The van der Waals surface area contributed by atoms with Crippen molar-refractivity contribution in [3.8, 4) is 0 Å². The molecule has 0 bridgehead atoms. The van der Waals surface area contributed by atoms with Gasteiger partial charge in [0, 0.05) is 18.6 Å². The van der Waals surface area contributed by atoms with Gasteiger partial charge in [-0.15, -0.1) is 0 Å². The number of fused-ring (bicyclic) bond motifs is 1. The maximum absolute atomic E-state index is 11.8. The minimum Gasteiger partial charge on any atom is -0.376 e. The topological polar surface area (TPSA) is 76.4 Å². The fourth-order valence-corrected chi connectivity index (χ4v) is 2.31. The Balaban J connectivity index is 1.76. The predicted octanol–water partition coefficient (Wildman–Crippen LogP) is -0.0375. The highest BCUT2D eigenvalue weighted by molar-refractivity contribution is 5.74. The molecule has 1 heterocycles. The lowest BCUT2D eigenvalue weighted by molar-refractivity contribution is -0.122. The van der Waals surface area contributed by atoms with Gasteiger partial charge in [0.2, 0.25) is 0 Å². The first-order valence-corrected chi connectivity index (χ1v) is 5.37. The van der Waals surface area contributed by atoms with E-state index in [0.717, 1.165) is 6.42 Å². The Hall–Kier alpha value is -1.02. The molecule has 4 atom stereocenters. The van der Waals surface area contributed by atoms with E-state index < -0.39 is 24.8 Å². The van der Waals surface area contributed by atoms with Crippen molar-refractivity contribution in [2.45, 2.75) is 30.8 Å². The Labute approximate surface area is 95.9 Å². The molecule has 0 aromatic carbocycles. The summed E-state index contributed by atoms with van der Waals surface area (Å²) in [4.78, 5) is 11.2. The van der Waals surface area contributed by atoms with Gasteiger partial charge in [-0.05, 0) is 6.42 Å². The molecule has 1 saturated carbocycles. The van der Waals surface area contributed by atoms with Gasteiger partial charge in [-0.2, -0.15) is 13.2 Å². The van der Waals surface area contributed by atoms with Crippen molar-refractivity contribution < 1.29 is 22.7 Å². The molecule has 1 aliphatic carbocycles. The van der Waals surface area contributed by atoms with Crippen molar-refractivity contribution in [2.75, 3.05) is 13.2 Å². The fraction of sp³-hybridized carbons (Fsp3) is 0.889. The van der Waals surface area contributed by atoms with Crippen molar-refractivity contribution >= 4 is 6.03 Å². The second kappa shape index (κ2) is 4.34. The van der Waals surface area contributed by atoms with E-state index in [1.54, 1.807) is 5.32 Å². The molecule has 5 nitrogen and oxygen atoms in total. The number of ether oxygens (including phenoxy) is 1. The van der Waals surface area contributed by atoms with Crippen molar-refractivity contribution in [2.24, 2.45) is 11.7 Å². The summed E-state index contributed by atoms with van der Waals surface area (Å²) in [5, 5.41) is 4.15. The summed E-state index contributed by atoms with van der Waals surface area (Å²) in [6.45, 7) is -0.763. The first-order valence-electron chi connectivity index (χ1n) is 5.37. The van der Waals surface area contributed by atoms with E-state index in [1.165, 1.54) is 0 Å². The Morgan fingerprint density at radius 2 is 2.18 bits per heavy atom. The molecule has 0 radical (unpaired) electrons. The molecule has 4 N–H and O–H groups in total. The number of carbonyl (C=O) groups excluding carboxylic acids is 1. The van der Waals surface area contributed by atoms with Crippen LogP contribution in [0.1, 0.15) is 6.42 Å². The van der Waals surface area contributed by atoms with Crippen molar-refractivity contribution in [3.63, 3.8) is 0 Å². The smallest absolute Gasteiger partial charge is 0.376 e. The van der Waals surface area contributed by atoms with Gasteiger partial charge in [0.25, 0.3) is 0 Å². The summed E-state index contributed by atoms with van der Waals surface area (Å²) >= 11 is 0. The van der Waals surface area contributed by atoms with E-state index in [9.17, 15) is 18.0 Å². The minimum absolute atomic E-state index is 0.151. The van der Waals surface area contributed by atoms with Gasteiger partial charge in [0.05, 0.1) is 12.1 Å². The third-order valence-electron chi connectivity index (χ3n) is 3.19. The van der Waals surface area contributed by atoms with E-state index in [2.05, 4.69) is 5.32 Å². The summed E-state index contributed by atoms with van der Waals surface area (Å²) in [6.07, 6.45) is -3.72. The Morgan fingerprint density at radius 3 is 2.82 bits per heavy atom. The molecule has 2 aliphatic rings. The van der Waals surface area contributed by atoms with Gasteiger partial charge in [0.15, 0.2) is 0 Å². The third-order valence-corrected chi connectivity index (χ3v) is 3.19. The molecule has 2 amide bonds. The van der Waals surface area contributed by atoms with Crippen LogP contribution in [-0.4, -0.2) is 43.5 Å². The van der Waals surface area contributed by atoms with Gasteiger partial charge in [-0.3, -0.25) is 0 Å². The van der Waals surface area contributed by atoms with Crippen LogP contribution < -0.4 is 16.4 Å². The highest BCUT2D eigenvalue weighted by atomic mass is 19.4. The van der Waals surface area contributed by atoms with Gasteiger partial charge < -0.3 is 21.1 Å². The molecule has 4 unspecified atom stereocenters. The van der Waals surface area contributed by atoms with Crippen LogP contribution in [0.5, 0.6) is 0 Å². The Kier molecular flexibility index (Phi) is 3.17. The molecule has 17 heavy (non-hydrogen) atoms. The van der Waals surface area contributed by atoms with Gasteiger partial charge in [0.1, 0.15) is 6.54 Å². The lowest BCUT2D eigenvalue weighted by Gasteiger charge is -2.45. The number of urea groups is 1. The number of amides is 2. The van der Waals surface area contributed by atoms with Crippen LogP contribution in [0.25, 0.3) is 0 Å². The second-order valence-corrected chi connectivity index (χ2v) is 4.33. The van der Waals surface area contributed by atoms with E-state index in [0.29, 0.717) is 6.61 Å². The molecular formula is C9H14F3N3O2. The molecule has 0 aromatic heterocycles. The number of halogens is 3. The predicted molar refractivity (Wildman–Crippen MR) is 52.2 cm³/mol.